The van der Waals surface area contributed by atoms with Crippen molar-refractivity contribution in [2.45, 2.75) is 6.92 Å². The SMILES string of the molecule is COC(=O)c1ccc(Oc2ncnc3c2cnn3-c2cccc(C)c2)cc1. The van der Waals surface area contributed by atoms with Crippen LogP contribution >= 0.6 is 0 Å². The molecule has 0 atom stereocenters. The van der Waals surface area contributed by atoms with Gasteiger partial charge in [0.25, 0.3) is 0 Å². The van der Waals surface area contributed by atoms with Gasteiger partial charge in [-0.2, -0.15) is 5.10 Å². The number of carbonyl (C=O) groups is 1. The third kappa shape index (κ3) is 3.22. The molecule has 0 spiro atoms. The van der Waals surface area contributed by atoms with Gasteiger partial charge in [-0.05, 0) is 48.9 Å². The number of esters is 1. The summed E-state index contributed by atoms with van der Waals surface area (Å²) in [5.74, 6) is 0.543. The lowest BCUT2D eigenvalue weighted by Crippen LogP contribution is -2.00. The average Bonchev–Trinajstić information content (AvgIpc) is 3.13. The van der Waals surface area contributed by atoms with E-state index in [1.165, 1.54) is 13.4 Å². The van der Waals surface area contributed by atoms with E-state index < -0.39 is 5.97 Å². The predicted molar refractivity (Wildman–Crippen MR) is 99.3 cm³/mol. The molecule has 0 bridgehead atoms. The molecule has 0 aliphatic carbocycles. The number of nitrogens with zero attached hydrogens (tertiary/aromatic N) is 4. The van der Waals surface area contributed by atoms with Crippen molar-refractivity contribution >= 4 is 17.0 Å². The van der Waals surface area contributed by atoms with Crippen molar-refractivity contribution < 1.29 is 14.3 Å². The van der Waals surface area contributed by atoms with E-state index in [1.54, 1.807) is 35.1 Å². The summed E-state index contributed by atoms with van der Waals surface area (Å²) in [4.78, 5) is 20.1. The molecule has 0 aliphatic heterocycles. The van der Waals surface area contributed by atoms with Gasteiger partial charge < -0.3 is 9.47 Å². The summed E-state index contributed by atoms with van der Waals surface area (Å²) >= 11 is 0. The molecule has 4 aromatic rings. The van der Waals surface area contributed by atoms with Gasteiger partial charge in [0.1, 0.15) is 17.5 Å². The summed E-state index contributed by atoms with van der Waals surface area (Å²) in [5.41, 5.74) is 3.14. The number of fused-ring (bicyclic) bond motifs is 1. The largest absolute Gasteiger partial charge is 0.465 e. The Balaban J connectivity index is 1.68. The summed E-state index contributed by atoms with van der Waals surface area (Å²) in [6.07, 6.45) is 3.12. The van der Waals surface area contributed by atoms with E-state index in [0.29, 0.717) is 28.2 Å². The summed E-state index contributed by atoms with van der Waals surface area (Å²) in [6.45, 7) is 2.02. The number of benzene rings is 2. The zero-order chi connectivity index (χ0) is 18.8. The fraction of sp³-hybridized carbons (Fsp3) is 0.100. The molecule has 0 saturated carbocycles. The van der Waals surface area contributed by atoms with Crippen LogP contribution in [-0.4, -0.2) is 32.8 Å². The van der Waals surface area contributed by atoms with Gasteiger partial charge in [0.2, 0.25) is 5.88 Å². The zero-order valence-electron chi connectivity index (χ0n) is 14.8. The Morgan fingerprint density at radius 3 is 2.63 bits per heavy atom. The molecule has 7 heteroatoms. The number of ether oxygens (including phenoxy) is 2. The van der Waals surface area contributed by atoms with Gasteiger partial charge in [0.15, 0.2) is 5.65 Å². The Morgan fingerprint density at radius 1 is 1.07 bits per heavy atom. The maximum absolute atomic E-state index is 11.5. The fourth-order valence-electron chi connectivity index (χ4n) is 2.74. The van der Waals surface area contributed by atoms with Crippen molar-refractivity contribution in [1.29, 1.82) is 0 Å². The zero-order valence-corrected chi connectivity index (χ0v) is 14.8. The highest BCUT2D eigenvalue weighted by Crippen LogP contribution is 2.28. The lowest BCUT2D eigenvalue weighted by atomic mass is 10.2. The van der Waals surface area contributed by atoms with Crippen molar-refractivity contribution in [1.82, 2.24) is 19.7 Å². The molecule has 2 aromatic heterocycles. The molecule has 0 saturated heterocycles. The normalized spacial score (nSPS) is 10.7. The maximum Gasteiger partial charge on any atom is 0.337 e. The number of carbonyl (C=O) groups excluding carboxylic acids is 1. The van der Waals surface area contributed by atoms with E-state index in [0.717, 1.165) is 11.3 Å². The molecule has 0 fully saturated rings. The van der Waals surface area contributed by atoms with Crippen LogP contribution in [0, 0.1) is 6.92 Å². The number of hydrogen-bond donors (Lipinski definition) is 0. The molecule has 2 heterocycles. The van der Waals surface area contributed by atoms with Crippen molar-refractivity contribution in [2.24, 2.45) is 0 Å². The van der Waals surface area contributed by atoms with Crippen LogP contribution in [0.4, 0.5) is 0 Å². The van der Waals surface area contributed by atoms with E-state index in [-0.39, 0.29) is 0 Å². The Bertz CT molecular complexity index is 1120. The first-order chi connectivity index (χ1) is 13.2. The summed E-state index contributed by atoms with van der Waals surface area (Å²) in [7, 11) is 1.34. The quantitative estimate of drug-likeness (QED) is 0.516. The molecule has 0 unspecified atom stereocenters. The number of aryl methyl sites for hydroxylation is 1. The lowest BCUT2D eigenvalue weighted by Gasteiger charge is -2.07. The molecule has 0 N–H and O–H groups in total. The molecular formula is C20H16N4O3. The predicted octanol–water partition coefficient (Wildman–Crippen LogP) is 3.70. The minimum Gasteiger partial charge on any atom is -0.465 e. The van der Waals surface area contributed by atoms with Crippen LogP contribution in [0.5, 0.6) is 11.6 Å². The van der Waals surface area contributed by atoms with E-state index in [1.807, 2.05) is 31.2 Å². The second-order valence-electron chi connectivity index (χ2n) is 5.93. The number of aromatic nitrogens is 4. The van der Waals surface area contributed by atoms with Crippen LogP contribution < -0.4 is 4.74 Å². The van der Waals surface area contributed by atoms with Gasteiger partial charge in [0.05, 0.1) is 24.6 Å². The van der Waals surface area contributed by atoms with Crippen LogP contribution in [0.1, 0.15) is 15.9 Å². The first-order valence-electron chi connectivity index (χ1n) is 8.28. The summed E-state index contributed by atoms with van der Waals surface area (Å²) in [6, 6.07) is 14.6. The molecule has 27 heavy (non-hydrogen) atoms. The highest BCUT2D eigenvalue weighted by molar-refractivity contribution is 5.89. The second kappa shape index (κ2) is 6.87. The smallest absolute Gasteiger partial charge is 0.337 e. The van der Waals surface area contributed by atoms with E-state index >= 15 is 0 Å². The van der Waals surface area contributed by atoms with Crippen molar-refractivity contribution in [2.75, 3.05) is 7.11 Å². The van der Waals surface area contributed by atoms with Crippen molar-refractivity contribution in [3.05, 3.63) is 72.2 Å². The van der Waals surface area contributed by atoms with Gasteiger partial charge in [-0.15, -0.1) is 0 Å². The van der Waals surface area contributed by atoms with Gasteiger partial charge in [-0.3, -0.25) is 0 Å². The Morgan fingerprint density at radius 2 is 1.89 bits per heavy atom. The van der Waals surface area contributed by atoms with Crippen LogP contribution in [0.25, 0.3) is 16.7 Å². The topological polar surface area (TPSA) is 79.1 Å². The third-order valence-corrected chi connectivity index (χ3v) is 4.07. The lowest BCUT2D eigenvalue weighted by molar-refractivity contribution is 0.0600. The standard InChI is InChI=1S/C20H16N4O3/c1-13-4-3-5-15(10-13)24-18-17(11-23-24)19(22-12-21-18)27-16-8-6-14(7-9-16)20(25)26-2/h3-12H,1-2H3. The van der Waals surface area contributed by atoms with E-state index in [2.05, 4.69) is 15.1 Å². The maximum atomic E-state index is 11.5. The third-order valence-electron chi connectivity index (χ3n) is 4.07. The summed E-state index contributed by atoms with van der Waals surface area (Å²) in [5, 5.41) is 5.12. The summed E-state index contributed by atoms with van der Waals surface area (Å²) < 4.78 is 12.3. The molecule has 0 radical (unpaired) electrons. The van der Waals surface area contributed by atoms with Crippen LogP contribution in [-0.2, 0) is 4.74 Å². The molecule has 134 valence electrons. The van der Waals surface area contributed by atoms with Crippen LogP contribution in [0.2, 0.25) is 0 Å². The van der Waals surface area contributed by atoms with E-state index in [4.69, 9.17) is 9.47 Å². The first kappa shape index (κ1) is 16.7. The number of methoxy groups -OCH3 is 1. The minimum atomic E-state index is -0.398. The average molecular weight is 360 g/mol. The molecule has 4 rings (SSSR count). The van der Waals surface area contributed by atoms with Gasteiger partial charge in [-0.25, -0.2) is 19.4 Å². The Kier molecular flexibility index (Phi) is 4.25. The molecule has 7 nitrogen and oxygen atoms in total. The van der Waals surface area contributed by atoms with Crippen molar-refractivity contribution in [3.8, 4) is 17.3 Å². The van der Waals surface area contributed by atoms with Crippen LogP contribution in [0.3, 0.4) is 0 Å². The Labute approximate surface area is 155 Å². The van der Waals surface area contributed by atoms with Crippen LogP contribution in [0.15, 0.2) is 61.1 Å². The molecular weight excluding hydrogens is 344 g/mol. The van der Waals surface area contributed by atoms with Gasteiger partial charge >= 0.3 is 5.97 Å². The van der Waals surface area contributed by atoms with Gasteiger partial charge in [0, 0.05) is 0 Å². The molecule has 0 aliphatic rings. The molecule has 0 amide bonds. The fourth-order valence-corrected chi connectivity index (χ4v) is 2.74. The van der Waals surface area contributed by atoms with Crippen molar-refractivity contribution in [3.63, 3.8) is 0 Å². The number of hydrogen-bond acceptors (Lipinski definition) is 6. The highest BCUT2D eigenvalue weighted by Gasteiger charge is 2.13. The highest BCUT2D eigenvalue weighted by atomic mass is 16.5. The second-order valence-corrected chi connectivity index (χ2v) is 5.93. The number of rotatable bonds is 4. The minimum absolute atomic E-state index is 0.393. The monoisotopic (exact) mass is 360 g/mol. The molecule has 2 aromatic carbocycles. The van der Waals surface area contributed by atoms with Gasteiger partial charge in [-0.1, -0.05) is 12.1 Å². The first-order valence-corrected chi connectivity index (χ1v) is 8.28. The Hall–Kier alpha value is -3.74. The van der Waals surface area contributed by atoms with E-state index in [9.17, 15) is 4.79 Å².